The van der Waals surface area contributed by atoms with Crippen LogP contribution in [0.4, 0.5) is 0 Å². The van der Waals surface area contributed by atoms with E-state index in [0.29, 0.717) is 17.7 Å². The van der Waals surface area contributed by atoms with Gasteiger partial charge in [-0.05, 0) is 19.4 Å². The minimum atomic E-state index is 0.299. The fourth-order valence-electron chi connectivity index (χ4n) is 1.56. The number of hydrogen-bond acceptors (Lipinski definition) is 4. The molecule has 0 aliphatic carbocycles. The fourth-order valence-corrected chi connectivity index (χ4v) is 1.67. The standard InChI is InChI=1S/C8H12ClN3O/c9-4-7-11-8(12-13-7)6-2-1-3-10-5-6/h6,10H,1-5H2. The summed E-state index contributed by atoms with van der Waals surface area (Å²) in [5.74, 6) is 2.01. The van der Waals surface area contributed by atoms with Crippen LogP contribution in [0.1, 0.15) is 30.5 Å². The molecule has 1 aromatic rings. The van der Waals surface area contributed by atoms with Crippen molar-refractivity contribution in [3.63, 3.8) is 0 Å². The fraction of sp³-hybridized carbons (Fsp3) is 0.750. The molecule has 13 heavy (non-hydrogen) atoms. The second-order valence-electron chi connectivity index (χ2n) is 3.22. The molecule has 0 saturated carbocycles. The highest BCUT2D eigenvalue weighted by Gasteiger charge is 2.20. The molecule has 2 heterocycles. The van der Waals surface area contributed by atoms with Crippen LogP contribution in [-0.4, -0.2) is 23.2 Å². The number of aromatic nitrogens is 2. The lowest BCUT2D eigenvalue weighted by Crippen LogP contribution is -2.28. The Morgan fingerprint density at radius 1 is 1.62 bits per heavy atom. The van der Waals surface area contributed by atoms with E-state index in [1.807, 2.05) is 0 Å². The first-order valence-electron chi connectivity index (χ1n) is 4.49. The Kier molecular flexibility index (Phi) is 2.80. The number of halogens is 1. The van der Waals surface area contributed by atoms with Crippen LogP contribution in [0.2, 0.25) is 0 Å². The first kappa shape index (κ1) is 8.97. The van der Waals surface area contributed by atoms with E-state index in [2.05, 4.69) is 15.5 Å². The zero-order chi connectivity index (χ0) is 9.10. The smallest absolute Gasteiger partial charge is 0.241 e. The Morgan fingerprint density at radius 2 is 2.54 bits per heavy atom. The summed E-state index contributed by atoms with van der Waals surface area (Å²) in [6.45, 7) is 2.04. The van der Waals surface area contributed by atoms with Crippen molar-refractivity contribution in [3.05, 3.63) is 11.7 Å². The molecule has 5 heteroatoms. The van der Waals surface area contributed by atoms with E-state index < -0.39 is 0 Å². The Balaban J connectivity index is 2.05. The van der Waals surface area contributed by atoms with Gasteiger partial charge in [0.2, 0.25) is 5.89 Å². The van der Waals surface area contributed by atoms with Crippen LogP contribution < -0.4 is 5.32 Å². The highest BCUT2D eigenvalue weighted by Crippen LogP contribution is 2.20. The first-order valence-corrected chi connectivity index (χ1v) is 5.03. The molecule has 1 fully saturated rings. The molecule has 0 bridgehead atoms. The molecule has 1 N–H and O–H groups in total. The number of rotatable bonds is 2. The van der Waals surface area contributed by atoms with E-state index in [1.54, 1.807) is 0 Å². The third-order valence-electron chi connectivity index (χ3n) is 2.26. The van der Waals surface area contributed by atoms with Crippen molar-refractivity contribution in [2.45, 2.75) is 24.6 Å². The van der Waals surface area contributed by atoms with Crippen molar-refractivity contribution in [3.8, 4) is 0 Å². The average molecular weight is 202 g/mol. The largest absolute Gasteiger partial charge is 0.338 e. The third kappa shape index (κ3) is 2.00. The van der Waals surface area contributed by atoms with Gasteiger partial charge in [-0.25, -0.2) is 0 Å². The summed E-state index contributed by atoms with van der Waals surface area (Å²) in [5.41, 5.74) is 0. The van der Waals surface area contributed by atoms with Gasteiger partial charge in [0.25, 0.3) is 0 Å². The Bertz CT molecular complexity index is 270. The highest BCUT2D eigenvalue weighted by molar-refractivity contribution is 6.16. The number of piperidine rings is 1. The molecule has 1 aliphatic heterocycles. The maximum absolute atomic E-state index is 5.57. The summed E-state index contributed by atoms with van der Waals surface area (Å²) in [5, 5.41) is 7.21. The molecule has 0 spiro atoms. The summed E-state index contributed by atoms with van der Waals surface area (Å²) >= 11 is 5.57. The SMILES string of the molecule is ClCc1nc(C2CCCNC2)no1. The number of alkyl halides is 1. The van der Waals surface area contributed by atoms with Crippen LogP contribution in [0, 0.1) is 0 Å². The van der Waals surface area contributed by atoms with Gasteiger partial charge >= 0.3 is 0 Å². The van der Waals surface area contributed by atoms with Gasteiger partial charge < -0.3 is 9.84 Å². The molecule has 0 aromatic carbocycles. The molecule has 1 aromatic heterocycles. The number of nitrogens with one attached hydrogen (secondary N) is 1. The second kappa shape index (κ2) is 4.07. The van der Waals surface area contributed by atoms with Crippen molar-refractivity contribution in [2.24, 2.45) is 0 Å². The van der Waals surface area contributed by atoms with Gasteiger partial charge in [0.15, 0.2) is 5.82 Å². The molecular formula is C8H12ClN3O. The average Bonchev–Trinajstić information content (AvgIpc) is 2.67. The van der Waals surface area contributed by atoms with Gasteiger partial charge in [0, 0.05) is 12.5 Å². The van der Waals surface area contributed by atoms with Crippen molar-refractivity contribution >= 4 is 11.6 Å². The van der Waals surface area contributed by atoms with Crippen LogP contribution in [0.3, 0.4) is 0 Å². The molecule has 4 nitrogen and oxygen atoms in total. The van der Waals surface area contributed by atoms with Crippen molar-refractivity contribution in [2.75, 3.05) is 13.1 Å². The highest BCUT2D eigenvalue weighted by atomic mass is 35.5. The van der Waals surface area contributed by atoms with Crippen LogP contribution in [0.25, 0.3) is 0 Å². The summed E-state index contributed by atoms with van der Waals surface area (Å²) in [4.78, 5) is 4.20. The van der Waals surface area contributed by atoms with E-state index >= 15 is 0 Å². The van der Waals surface area contributed by atoms with Gasteiger partial charge in [-0.15, -0.1) is 11.6 Å². The molecular weight excluding hydrogens is 190 g/mol. The zero-order valence-electron chi connectivity index (χ0n) is 7.29. The number of hydrogen-bond donors (Lipinski definition) is 1. The van der Waals surface area contributed by atoms with E-state index in [-0.39, 0.29) is 0 Å². The maximum Gasteiger partial charge on any atom is 0.241 e. The van der Waals surface area contributed by atoms with Gasteiger partial charge in [-0.1, -0.05) is 5.16 Å². The third-order valence-corrected chi connectivity index (χ3v) is 2.49. The lowest BCUT2D eigenvalue weighted by Gasteiger charge is -2.19. The van der Waals surface area contributed by atoms with Crippen LogP contribution in [0.15, 0.2) is 4.52 Å². The second-order valence-corrected chi connectivity index (χ2v) is 3.49. The summed E-state index contributed by atoms with van der Waals surface area (Å²) in [6, 6.07) is 0. The quantitative estimate of drug-likeness (QED) is 0.733. The van der Waals surface area contributed by atoms with E-state index in [4.69, 9.17) is 16.1 Å². The predicted molar refractivity (Wildman–Crippen MR) is 48.7 cm³/mol. The maximum atomic E-state index is 5.57. The normalized spacial score (nSPS) is 23.3. The molecule has 0 radical (unpaired) electrons. The molecule has 1 unspecified atom stereocenters. The number of nitrogens with zero attached hydrogens (tertiary/aromatic N) is 2. The molecule has 0 amide bonds. The van der Waals surface area contributed by atoms with Crippen molar-refractivity contribution in [1.29, 1.82) is 0 Å². The van der Waals surface area contributed by atoms with Crippen LogP contribution in [-0.2, 0) is 5.88 Å². The van der Waals surface area contributed by atoms with Crippen LogP contribution in [0.5, 0.6) is 0 Å². The summed E-state index contributed by atoms with van der Waals surface area (Å²) < 4.78 is 4.95. The lowest BCUT2D eigenvalue weighted by molar-refractivity contribution is 0.369. The van der Waals surface area contributed by atoms with E-state index in [0.717, 1.165) is 25.3 Å². The molecule has 1 saturated heterocycles. The van der Waals surface area contributed by atoms with Crippen molar-refractivity contribution < 1.29 is 4.52 Å². The van der Waals surface area contributed by atoms with Gasteiger partial charge in [0.1, 0.15) is 5.88 Å². The van der Waals surface area contributed by atoms with E-state index in [9.17, 15) is 0 Å². The summed E-state index contributed by atoms with van der Waals surface area (Å²) in [6.07, 6.45) is 2.31. The van der Waals surface area contributed by atoms with Gasteiger partial charge in [-0.3, -0.25) is 0 Å². The Labute approximate surface area is 81.7 Å². The minimum Gasteiger partial charge on any atom is -0.338 e. The molecule has 72 valence electrons. The van der Waals surface area contributed by atoms with Gasteiger partial charge in [-0.2, -0.15) is 4.98 Å². The molecule has 1 atom stereocenters. The first-order chi connectivity index (χ1) is 6.40. The summed E-state index contributed by atoms with van der Waals surface area (Å²) in [7, 11) is 0. The molecule has 1 aliphatic rings. The lowest BCUT2D eigenvalue weighted by atomic mass is 9.99. The Morgan fingerprint density at radius 3 is 3.15 bits per heavy atom. The predicted octanol–water partition coefficient (Wildman–Crippen LogP) is 1.28. The monoisotopic (exact) mass is 201 g/mol. The van der Waals surface area contributed by atoms with Gasteiger partial charge in [0.05, 0.1) is 0 Å². The van der Waals surface area contributed by atoms with E-state index in [1.165, 1.54) is 6.42 Å². The van der Waals surface area contributed by atoms with Crippen LogP contribution >= 0.6 is 11.6 Å². The zero-order valence-corrected chi connectivity index (χ0v) is 8.05. The topological polar surface area (TPSA) is 51.0 Å². The minimum absolute atomic E-state index is 0.299. The molecule has 2 rings (SSSR count). The Hall–Kier alpha value is -0.610. The van der Waals surface area contributed by atoms with Crippen molar-refractivity contribution in [1.82, 2.24) is 15.5 Å².